The molecule has 1 saturated heterocycles. The molecule has 0 spiro atoms. The maximum Gasteiger partial charge on any atom is 1.00 e. The van der Waals surface area contributed by atoms with Crippen molar-refractivity contribution >= 4 is 17.8 Å². The van der Waals surface area contributed by atoms with E-state index in [1.165, 1.54) is 0 Å². The molecule has 0 bridgehead atoms. The van der Waals surface area contributed by atoms with Crippen molar-refractivity contribution in [1.82, 2.24) is 10.6 Å². The van der Waals surface area contributed by atoms with Crippen molar-refractivity contribution in [3.05, 3.63) is 0 Å². The third-order valence-electron chi connectivity index (χ3n) is 0.660. The van der Waals surface area contributed by atoms with Gasteiger partial charge in [-0.05, 0) is 0 Å². The topological polar surface area (TPSA) is 75.3 Å². The zero-order chi connectivity index (χ0) is 6.15. The minimum atomic E-state index is -0.894. The van der Waals surface area contributed by atoms with Crippen molar-refractivity contribution in [2.75, 3.05) is 0 Å². The van der Waals surface area contributed by atoms with E-state index in [2.05, 4.69) is 0 Å². The predicted octanol–water partition coefficient (Wildman–Crippen LogP) is -4.64. The Balaban J connectivity index is 0.000000640. The number of amides is 4. The van der Waals surface area contributed by atoms with Crippen LogP contribution in [0.15, 0.2) is 0 Å². The number of carbonyl (C=O) groups excluding carboxylic acids is 3. The predicted molar refractivity (Wildman–Crippen MR) is 21.7 cm³/mol. The molecule has 2 N–H and O–H groups in total. The summed E-state index contributed by atoms with van der Waals surface area (Å²) < 4.78 is 0. The third kappa shape index (κ3) is 1.78. The van der Waals surface area contributed by atoms with Crippen LogP contribution >= 0.6 is 0 Å². The molecule has 0 radical (unpaired) electrons. The van der Waals surface area contributed by atoms with Gasteiger partial charge in [0.15, 0.2) is 0 Å². The number of imide groups is 2. The summed E-state index contributed by atoms with van der Waals surface area (Å²) >= 11 is 0. The van der Waals surface area contributed by atoms with E-state index in [4.69, 9.17) is 0 Å². The second kappa shape index (κ2) is 2.95. The SMILES string of the molecule is O=C1NC(=O)C(=O)N1.[Na+]. The fraction of sp³-hybridized carbons (Fsp3) is 0. The van der Waals surface area contributed by atoms with E-state index in [1.807, 2.05) is 0 Å². The van der Waals surface area contributed by atoms with Gasteiger partial charge in [0.1, 0.15) is 0 Å². The molecule has 0 aliphatic carbocycles. The Hall–Kier alpha value is -0.390. The minimum Gasteiger partial charge on any atom is -0.269 e. The first-order valence-electron chi connectivity index (χ1n) is 1.86. The molecular formula is C3H2N2NaO3+. The standard InChI is InChI=1S/C3H2N2O3.Na/c6-1-2(7)5-3(8)4-1;/h(H2,4,5,6,7,8);/q;+1. The van der Waals surface area contributed by atoms with E-state index >= 15 is 0 Å². The first-order valence-corrected chi connectivity index (χ1v) is 1.86. The van der Waals surface area contributed by atoms with Gasteiger partial charge in [-0.15, -0.1) is 0 Å². The number of urea groups is 1. The van der Waals surface area contributed by atoms with Crippen LogP contribution in [0.4, 0.5) is 4.79 Å². The smallest absolute Gasteiger partial charge is 0.269 e. The molecule has 0 aromatic heterocycles. The Morgan fingerprint density at radius 1 is 0.889 bits per heavy atom. The van der Waals surface area contributed by atoms with Crippen LogP contribution in [0.5, 0.6) is 0 Å². The van der Waals surface area contributed by atoms with E-state index in [0.29, 0.717) is 0 Å². The van der Waals surface area contributed by atoms with Crippen molar-refractivity contribution in [3.63, 3.8) is 0 Å². The van der Waals surface area contributed by atoms with Gasteiger partial charge in [-0.2, -0.15) is 0 Å². The Kier molecular flexibility index (Phi) is 2.83. The number of hydrogen-bond acceptors (Lipinski definition) is 3. The Labute approximate surface area is 72.5 Å². The fourth-order valence-electron chi connectivity index (χ4n) is 0.351. The summed E-state index contributed by atoms with van der Waals surface area (Å²) in [5.74, 6) is -1.79. The van der Waals surface area contributed by atoms with Crippen LogP contribution in [0, 0.1) is 0 Å². The second-order valence-corrected chi connectivity index (χ2v) is 1.24. The number of rotatable bonds is 0. The molecular weight excluding hydrogens is 135 g/mol. The van der Waals surface area contributed by atoms with Crippen LogP contribution < -0.4 is 40.2 Å². The van der Waals surface area contributed by atoms with Gasteiger partial charge in [-0.25, -0.2) is 4.79 Å². The molecule has 1 aliphatic heterocycles. The molecule has 1 fully saturated rings. The van der Waals surface area contributed by atoms with E-state index in [-0.39, 0.29) is 29.6 Å². The summed E-state index contributed by atoms with van der Waals surface area (Å²) in [7, 11) is 0. The summed E-state index contributed by atoms with van der Waals surface area (Å²) in [6.07, 6.45) is 0. The number of carbonyl (C=O) groups is 3. The van der Waals surface area contributed by atoms with E-state index in [9.17, 15) is 14.4 Å². The number of hydrogen-bond donors (Lipinski definition) is 2. The normalized spacial score (nSPS) is 16.2. The summed E-state index contributed by atoms with van der Waals surface area (Å²) in [6, 6.07) is -0.750. The first kappa shape index (κ1) is 8.61. The van der Waals surface area contributed by atoms with Gasteiger partial charge in [-0.1, -0.05) is 0 Å². The molecule has 1 heterocycles. The van der Waals surface area contributed by atoms with Gasteiger partial charge in [0, 0.05) is 0 Å². The van der Waals surface area contributed by atoms with Gasteiger partial charge in [0.2, 0.25) is 0 Å². The minimum absolute atomic E-state index is 0. The maximum absolute atomic E-state index is 10.0. The average molecular weight is 137 g/mol. The van der Waals surface area contributed by atoms with Crippen LogP contribution in [0.25, 0.3) is 0 Å². The zero-order valence-corrected chi connectivity index (χ0v) is 6.72. The summed E-state index contributed by atoms with van der Waals surface area (Å²) in [6.45, 7) is 0. The molecule has 9 heavy (non-hydrogen) atoms. The third-order valence-corrected chi connectivity index (χ3v) is 0.660. The van der Waals surface area contributed by atoms with Crippen LogP contribution in [0.3, 0.4) is 0 Å². The summed E-state index contributed by atoms with van der Waals surface area (Å²) in [4.78, 5) is 30.1. The molecule has 4 amide bonds. The van der Waals surface area contributed by atoms with Crippen LogP contribution in [0.1, 0.15) is 0 Å². The summed E-state index contributed by atoms with van der Waals surface area (Å²) in [5.41, 5.74) is 0. The molecule has 0 aromatic rings. The van der Waals surface area contributed by atoms with Gasteiger partial charge in [0.25, 0.3) is 0 Å². The van der Waals surface area contributed by atoms with E-state index in [0.717, 1.165) is 0 Å². The molecule has 0 saturated carbocycles. The van der Waals surface area contributed by atoms with E-state index in [1.54, 1.807) is 10.6 Å². The van der Waals surface area contributed by atoms with Gasteiger partial charge < -0.3 is 0 Å². The van der Waals surface area contributed by atoms with Gasteiger partial charge in [0.05, 0.1) is 0 Å². The number of nitrogens with one attached hydrogen (secondary N) is 2. The second-order valence-electron chi connectivity index (χ2n) is 1.24. The van der Waals surface area contributed by atoms with Crippen molar-refractivity contribution < 1.29 is 43.9 Å². The van der Waals surface area contributed by atoms with Gasteiger partial charge in [-0.3, -0.25) is 20.2 Å². The molecule has 1 aliphatic rings. The zero-order valence-electron chi connectivity index (χ0n) is 4.72. The van der Waals surface area contributed by atoms with Crippen molar-refractivity contribution in [2.24, 2.45) is 0 Å². The fourth-order valence-corrected chi connectivity index (χ4v) is 0.351. The molecule has 1 rings (SSSR count). The largest absolute Gasteiger partial charge is 1.00 e. The van der Waals surface area contributed by atoms with Gasteiger partial charge >= 0.3 is 47.4 Å². The van der Waals surface area contributed by atoms with Crippen LogP contribution in [0.2, 0.25) is 0 Å². The molecule has 5 nitrogen and oxygen atoms in total. The van der Waals surface area contributed by atoms with Crippen LogP contribution in [-0.4, -0.2) is 17.8 Å². The van der Waals surface area contributed by atoms with Crippen molar-refractivity contribution in [3.8, 4) is 0 Å². The van der Waals surface area contributed by atoms with Crippen molar-refractivity contribution in [2.45, 2.75) is 0 Å². The molecule has 0 unspecified atom stereocenters. The molecule has 42 valence electrons. The first-order chi connectivity index (χ1) is 3.70. The van der Waals surface area contributed by atoms with Crippen molar-refractivity contribution in [1.29, 1.82) is 0 Å². The Bertz CT molecular complexity index is 160. The Morgan fingerprint density at radius 2 is 1.22 bits per heavy atom. The maximum atomic E-state index is 10.0. The monoisotopic (exact) mass is 137 g/mol. The average Bonchev–Trinajstić information content (AvgIpc) is 1.85. The van der Waals surface area contributed by atoms with E-state index < -0.39 is 17.8 Å². The molecule has 0 aromatic carbocycles. The molecule has 6 heteroatoms. The summed E-state index contributed by atoms with van der Waals surface area (Å²) in [5, 5.41) is 3.46. The molecule has 0 atom stereocenters. The Morgan fingerprint density at radius 3 is 1.33 bits per heavy atom. The van der Waals surface area contributed by atoms with Crippen LogP contribution in [-0.2, 0) is 9.59 Å². The quantitative estimate of drug-likeness (QED) is 0.200.